The van der Waals surface area contributed by atoms with Crippen LogP contribution in [-0.2, 0) is 4.79 Å². The van der Waals surface area contributed by atoms with Crippen molar-refractivity contribution in [3.8, 4) is 0 Å². The van der Waals surface area contributed by atoms with Crippen LogP contribution in [0, 0.1) is 11.8 Å². The minimum absolute atomic E-state index is 0.0582. The van der Waals surface area contributed by atoms with E-state index in [0.29, 0.717) is 11.4 Å². The lowest BCUT2D eigenvalue weighted by atomic mass is 9.79. The van der Waals surface area contributed by atoms with Crippen molar-refractivity contribution >= 4 is 23.1 Å². The van der Waals surface area contributed by atoms with E-state index < -0.39 is 0 Å². The predicted molar refractivity (Wildman–Crippen MR) is 84.0 cm³/mol. The number of unbranched alkanes of at least 4 members (excludes halogenated alkanes) is 1. The van der Waals surface area contributed by atoms with Crippen molar-refractivity contribution in [1.29, 1.82) is 0 Å². The van der Waals surface area contributed by atoms with Crippen LogP contribution in [-0.4, -0.2) is 16.9 Å². The summed E-state index contributed by atoms with van der Waals surface area (Å²) in [4.78, 5) is 12.6. The van der Waals surface area contributed by atoms with Crippen LogP contribution < -0.4 is 11.1 Å². The predicted octanol–water partition coefficient (Wildman–Crippen LogP) is 3.16. The van der Waals surface area contributed by atoms with Gasteiger partial charge in [0.05, 0.1) is 4.99 Å². The van der Waals surface area contributed by atoms with Crippen molar-refractivity contribution in [2.24, 2.45) is 17.6 Å². The number of nitrogens with two attached hydrogens (primary N) is 1. The molecule has 0 radical (unpaired) electrons. The van der Waals surface area contributed by atoms with Crippen molar-refractivity contribution in [2.75, 3.05) is 0 Å². The zero-order chi connectivity index (χ0) is 14.3. The van der Waals surface area contributed by atoms with Gasteiger partial charge in [0.1, 0.15) is 0 Å². The molecule has 0 spiro atoms. The Balaban J connectivity index is 2.26. The maximum absolute atomic E-state index is 12.1. The fourth-order valence-corrected chi connectivity index (χ4v) is 3.17. The maximum atomic E-state index is 12.1. The molecule has 0 saturated heterocycles. The normalized spacial score (nSPS) is 24.7. The largest absolute Gasteiger partial charge is 0.393 e. The zero-order valence-electron chi connectivity index (χ0n) is 12.3. The van der Waals surface area contributed by atoms with Crippen LogP contribution in [0.5, 0.6) is 0 Å². The van der Waals surface area contributed by atoms with Gasteiger partial charge in [-0.15, -0.1) is 0 Å². The van der Waals surface area contributed by atoms with Gasteiger partial charge in [-0.2, -0.15) is 0 Å². The van der Waals surface area contributed by atoms with E-state index in [4.69, 9.17) is 18.0 Å². The molecule has 1 fully saturated rings. The number of hydrogen-bond donors (Lipinski definition) is 2. The molecule has 1 unspecified atom stereocenters. The summed E-state index contributed by atoms with van der Waals surface area (Å²) in [5, 5.41) is 3.03. The molecule has 3 N–H and O–H groups in total. The summed E-state index contributed by atoms with van der Waals surface area (Å²) >= 11 is 4.86. The van der Waals surface area contributed by atoms with Gasteiger partial charge in [0.25, 0.3) is 0 Å². The standard InChI is InChI=1S/C15H28N2OS/c1-3-4-5-12-6-8-13(9-7-12)15(18)17-11(2)10-14(16)19/h11-13H,3-10H2,1-2H3,(H2,16,19)(H,17,18). The first-order chi connectivity index (χ1) is 9.02. The second-order valence-electron chi connectivity index (χ2n) is 5.94. The van der Waals surface area contributed by atoms with Crippen molar-refractivity contribution in [3.63, 3.8) is 0 Å². The molecule has 1 aliphatic rings. The number of carbonyl (C=O) groups excluding carboxylic acids is 1. The Labute approximate surface area is 122 Å². The van der Waals surface area contributed by atoms with Crippen molar-refractivity contribution < 1.29 is 4.79 Å². The van der Waals surface area contributed by atoms with Crippen LogP contribution in [0.15, 0.2) is 0 Å². The summed E-state index contributed by atoms with van der Waals surface area (Å²) in [5.74, 6) is 1.24. The molecule has 0 aromatic carbocycles. The Kier molecular flexibility index (Phi) is 7.36. The number of carbonyl (C=O) groups is 1. The molecule has 1 rings (SSSR count). The van der Waals surface area contributed by atoms with Crippen LogP contribution in [0.25, 0.3) is 0 Å². The zero-order valence-corrected chi connectivity index (χ0v) is 13.1. The average molecular weight is 284 g/mol. The molecule has 110 valence electrons. The maximum Gasteiger partial charge on any atom is 0.223 e. The SMILES string of the molecule is CCCCC1CCC(C(=O)NC(C)CC(N)=S)CC1. The molecule has 0 heterocycles. The third kappa shape index (κ3) is 6.37. The second-order valence-corrected chi connectivity index (χ2v) is 6.46. The summed E-state index contributed by atoms with van der Waals surface area (Å²) < 4.78 is 0. The van der Waals surface area contributed by atoms with Gasteiger partial charge in [-0.3, -0.25) is 4.79 Å². The van der Waals surface area contributed by atoms with Gasteiger partial charge in [0.2, 0.25) is 5.91 Å². The highest BCUT2D eigenvalue weighted by molar-refractivity contribution is 7.80. The highest BCUT2D eigenvalue weighted by Gasteiger charge is 2.26. The molecule has 3 nitrogen and oxygen atoms in total. The second kappa shape index (κ2) is 8.51. The summed E-state index contributed by atoms with van der Waals surface area (Å²) in [7, 11) is 0. The molecule has 0 aromatic heterocycles. The van der Waals surface area contributed by atoms with Crippen molar-refractivity contribution in [2.45, 2.75) is 71.3 Å². The average Bonchev–Trinajstić information content (AvgIpc) is 2.35. The smallest absolute Gasteiger partial charge is 0.223 e. The highest BCUT2D eigenvalue weighted by Crippen LogP contribution is 2.32. The van der Waals surface area contributed by atoms with Gasteiger partial charge in [-0.25, -0.2) is 0 Å². The van der Waals surface area contributed by atoms with Gasteiger partial charge in [0.15, 0.2) is 0 Å². The molecule has 1 atom stereocenters. The number of amides is 1. The Morgan fingerprint density at radius 1 is 1.37 bits per heavy atom. The first kappa shape index (κ1) is 16.4. The lowest BCUT2D eigenvalue weighted by molar-refractivity contribution is -0.126. The van der Waals surface area contributed by atoms with Gasteiger partial charge in [-0.1, -0.05) is 38.4 Å². The molecule has 1 aliphatic carbocycles. The fraction of sp³-hybridized carbons (Fsp3) is 0.867. The lowest BCUT2D eigenvalue weighted by Gasteiger charge is -2.28. The van der Waals surface area contributed by atoms with Crippen LogP contribution >= 0.6 is 12.2 Å². The van der Waals surface area contributed by atoms with E-state index in [1.165, 1.54) is 32.1 Å². The molecule has 19 heavy (non-hydrogen) atoms. The fourth-order valence-electron chi connectivity index (χ4n) is 2.92. The van der Waals surface area contributed by atoms with Crippen LogP contribution in [0.4, 0.5) is 0 Å². The minimum Gasteiger partial charge on any atom is -0.393 e. The Bertz CT molecular complexity index is 299. The minimum atomic E-state index is 0.0582. The molecule has 1 amide bonds. The van der Waals surface area contributed by atoms with Crippen molar-refractivity contribution in [3.05, 3.63) is 0 Å². The Morgan fingerprint density at radius 3 is 2.53 bits per heavy atom. The van der Waals surface area contributed by atoms with Crippen LogP contribution in [0.2, 0.25) is 0 Å². The number of thiocarbonyl (C=S) groups is 1. The van der Waals surface area contributed by atoms with E-state index in [-0.39, 0.29) is 17.9 Å². The number of hydrogen-bond acceptors (Lipinski definition) is 2. The molecule has 0 aliphatic heterocycles. The Hall–Kier alpha value is -0.640. The van der Waals surface area contributed by atoms with E-state index >= 15 is 0 Å². The van der Waals surface area contributed by atoms with E-state index in [9.17, 15) is 4.79 Å². The molecule has 1 saturated carbocycles. The van der Waals surface area contributed by atoms with Gasteiger partial charge in [-0.05, 0) is 38.5 Å². The molecular formula is C15H28N2OS. The summed E-state index contributed by atoms with van der Waals surface area (Å²) in [6.07, 6.45) is 9.03. The van der Waals surface area contributed by atoms with Gasteiger partial charge < -0.3 is 11.1 Å². The molecule has 0 bridgehead atoms. The lowest BCUT2D eigenvalue weighted by Crippen LogP contribution is -2.40. The topological polar surface area (TPSA) is 55.1 Å². The van der Waals surface area contributed by atoms with E-state index in [1.54, 1.807) is 0 Å². The third-order valence-corrected chi connectivity index (χ3v) is 4.25. The Morgan fingerprint density at radius 2 is 2.00 bits per heavy atom. The quantitative estimate of drug-likeness (QED) is 0.706. The number of nitrogens with one attached hydrogen (secondary N) is 1. The molecular weight excluding hydrogens is 256 g/mol. The third-order valence-electron chi connectivity index (χ3n) is 4.08. The summed E-state index contributed by atoms with van der Waals surface area (Å²) in [5.41, 5.74) is 5.49. The van der Waals surface area contributed by atoms with E-state index in [2.05, 4.69) is 12.2 Å². The summed E-state index contributed by atoms with van der Waals surface area (Å²) in [6, 6.07) is 0.0582. The van der Waals surface area contributed by atoms with E-state index in [0.717, 1.165) is 18.8 Å². The van der Waals surface area contributed by atoms with Crippen molar-refractivity contribution in [1.82, 2.24) is 5.32 Å². The summed E-state index contributed by atoms with van der Waals surface area (Å²) in [6.45, 7) is 4.20. The van der Waals surface area contributed by atoms with E-state index in [1.807, 2.05) is 6.92 Å². The molecule has 4 heteroatoms. The monoisotopic (exact) mass is 284 g/mol. The van der Waals surface area contributed by atoms with Crippen LogP contribution in [0.3, 0.4) is 0 Å². The first-order valence-corrected chi connectivity index (χ1v) is 8.02. The van der Waals surface area contributed by atoms with Crippen LogP contribution in [0.1, 0.15) is 65.2 Å². The molecule has 0 aromatic rings. The van der Waals surface area contributed by atoms with Gasteiger partial charge >= 0.3 is 0 Å². The first-order valence-electron chi connectivity index (χ1n) is 7.61. The van der Waals surface area contributed by atoms with Gasteiger partial charge in [0, 0.05) is 18.4 Å². The highest BCUT2D eigenvalue weighted by atomic mass is 32.1. The number of rotatable bonds is 7.